The molecule has 0 fully saturated rings. The SMILES string of the molecule is Cc1ccc(-c2ccc3c(c2)CN(C)CC3c2ccccc2)o1. The first-order chi connectivity index (χ1) is 11.2. The normalized spacial score (nSPS) is 17.9. The van der Waals surface area contributed by atoms with Gasteiger partial charge in [-0.25, -0.2) is 0 Å². The molecule has 1 unspecified atom stereocenters. The molecule has 0 spiro atoms. The van der Waals surface area contributed by atoms with E-state index >= 15 is 0 Å². The van der Waals surface area contributed by atoms with Gasteiger partial charge in [0.25, 0.3) is 0 Å². The van der Waals surface area contributed by atoms with Crippen molar-refractivity contribution in [3.8, 4) is 11.3 Å². The molecule has 2 nitrogen and oxygen atoms in total. The van der Waals surface area contributed by atoms with Gasteiger partial charge in [0.1, 0.15) is 11.5 Å². The average molecular weight is 303 g/mol. The van der Waals surface area contributed by atoms with E-state index in [-0.39, 0.29) is 0 Å². The maximum Gasteiger partial charge on any atom is 0.134 e. The number of aryl methyl sites for hydroxylation is 1. The van der Waals surface area contributed by atoms with Crippen LogP contribution in [-0.2, 0) is 6.54 Å². The number of furan rings is 1. The van der Waals surface area contributed by atoms with Crippen LogP contribution in [0, 0.1) is 6.92 Å². The summed E-state index contributed by atoms with van der Waals surface area (Å²) in [5, 5.41) is 0. The zero-order chi connectivity index (χ0) is 15.8. The molecule has 0 radical (unpaired) electrons. The van der Waals surface area contributed by atoms with Gasteiger partial charge in [-0.1, -0.05) is 42.5 Å². The van der Waals surface area contributed by atoms with Crippen LogP contribution in [0.5, 0.6) is 0 Å². The topological polar surface area (TPSA) is 16.4 Å². The van der Waals surface area contributed by atoms with E-state index in [2.05, 4.69) is 66.5 Å². The Morgan fingerprint density at radius 2 is 1.83 bits per heavy atom. The van der Waals surface area contributed by atoms with Crippen molar-refractivity contribution >= 4 is 0 Å². The van der Waals surface area contributed by atoms with Crippen molar-refractivity contribution in [2.75, 3.05) is 13.6 Å². The minimum Gasteiger partial charge on any atom is -0.461 e. The molecule has 1 aromatic heterocycles. The van der Waals surface area contributed by atoms with Gasteiger partial charge >= 0.3 is 0 Å². The molecule has 0 saturated carbocycles. The summed E-state index contributed by atoms with van der Waals surface area (Å²) in [5.74, 6) is 2.35. The number of hydrogen-bond donors (Lipinski definition) is 0. The molecule has 3 aromatic rings. The molecule has 116 valence electrons. The van der Waals surface area contributed by atoms with Crippen molar-refractivity contribution in [1.82, 2.24) is 4.90 Å². The molecule has 2 heterocycles. The second-order valence-corrected chi connectivity index (χ2v) is 6.48. The maximum atomic E-state index is 5.79. The highest BCUT2D eigenvalue weighted by molar-refractivity contribution is 5.61. The van der Waals surface area contributed by atoms with Crippen LogP contribution in [0.15, 0.2) is 65.1 Å². The minimum atomic E-state index is 0.442. The van der Waals surface area contributed by atoms with E-state index in [4.69, 9.17) is 4.42 Å². The fourth-order valence-corrected chi connectivity index (χ4v) is 3.56. The Balaban J connectivity index is 1.77. The highest BCUT2D eigenvalue weighted by atomic mass is 16.3. The molecule has 0 aliphatic carbocycles. The average Bonchev–Trinajstić information content (AvgIpc) is 3.01. The first-order valence-electron chi connectivity index (χ1n) is 8.14. The number of rotatable bonds is 2. The Labute approximate surface area is 137 Å². The summed E-state index contributed by atoms with van der Waals surface area (Å²) < 4.78 is 5.79. The summed E-state index contributed by atoms with van der Waals surface area (Å²) in [6.07, 6.45) is 0. The number of fused-ring (bicyclic) bond motifs is 1. The van der Waals surface area contributed by atoms with Crippen LogP contribution in [0.1, 0.15) is 28.4 Å². The lowest BCUT2D eigenvalue weighted by Crippen LogP contribution is -2.30. The Kier molecular flexibility index (Phi) is 3.55. The van der Waals surface area contributed by atoms with E-state index in [0.717, 1.165) is 24.6 Å². The van der Waals surface area contributed by atoms with Gasteiger partial charge in [-0.05, 0) is 48.9 Å². The predicted octanol–water partition coefficient (Wildman–Crippen LogP) is 4.83. The van der Waals surface area contributed by atoms with Crippen molar-refractivity contribution in [1.29, 1.82) is 0 Å². The smallest absolute Gasteiger partial charge is 0.134 e. The molecular formula is C21H21NO. The summed E-state index contributed by atoms with van der Waals surface area (Å²) in [4.78, 5) is 2.40. The molecule has 2 aromatic carbocycles. The molecule has 0 bridgehead atoms. The molecule has 4 rings (SSSR count). The minimum absolute atomic E-state index is 0.442. The summed E-state index contributed by atoms with van der Waals surface area (Å²) in [7, 11) is 2.20. The number of nitrogens with zero attached hydrogens (tertiary/aromatic N) is 1. The van der Waals surface area contributed by atoms with Crippen LogP contribution in [-0.4, -0.2) is 18.5 Å². The Bertz CT molecular complexity index is 819. The van der Waals surface area contributed by atoms with Gasteiger partial charge in [0.05, 0.1) is 0 Å². The molecule has 1 atom stereocenters. The van der Waals surface area contributed by atoms with Gasteiger partial charge in [0.15, 0.2) is 0 Å². The van der Waals surface area contributed by atoms with Crippen molar-refractivity contribution in [2.45, 2.75) is 19.4 Å². The summed E-state index contributed by atoms with van der Waals surface area (Å²) in [6, 6.07) is 21.7. The first-order valence-corrected chi connectivity index (χ1v) is 8.14. The standard InChI is InChI=1S/C21H21NO/c1-15-8-11-21(23-15)17-9-10-19-18(12-17)13-22(2)14-20(19)16-6-4-3-5-7-16/h3-12,20H,13-14H2,1-2H3. The molecule has 0 amide bonds. The monoisotopic (exact) mass is 303 g/mol. The number of benzene rings is 2. The highest BCUT2D eigenvalue weighted by Gasteiger charge is 2.25. The van der Waals surface area contributed by atoms with Crippen LogP contribution in [0.25, 0.3) is 11.3 Å². The van der Waals surface area contributed by atoms with Crippen LogP contribution in [0.3, 0.4) is 0 Å². The fourth-order valence-electron chi connectivity index (χ4n) is 3.56. The Morgan fingerprint density at radius 3 is 2.57 bits per heavy atom. The second-order valence-electron chi connectivity index (χ2n) is 6.48. The molecular weight excluding hydrogens is 282 g/mol. The quantitative estimate of drug-likeness (QED) is 0.674. The second kappa shape index (κ2) is 5.71. The Hall–Kier alpha value is -2.32. The maximum absolute atomic E-state index is 5.79. The van der Waals surface area contributed by atoms with E-state index in [1.165, 1.54) is 22.3 Å². The fraction of sp³-hybridized carbons (Fsp3) is 0.238. The molecule has 23 heavy (non-hydrogen) atoms. The van der Waals surface area contributed by atoms with Gasteiger partial charge in [0, 0.05) is 24.6 Å². The molecule has 1 aliphatic rings. The Morgan fingerprint density at radius 1 is 1.00 bits per heavy atom. The third-order valence-corrected chi connectivity index (χ3v) is 4.68. The number of hydrogen-bond acceptors (Lipinski definition) is 2. The van der Waals surface area contributed by atoms with Gasteiger partial charge < -0.3 is 9.32 Å². The highest BCUT2D eigenvalue weighted by Crippen LogP contribution is 2.35. The lowest BCUT2D eigenvalue weighted by atomic mass is 9.84. The zero-order valence-electron chi connectivity index (χ0n) is 13.6. The van der Waals surface area contributed by atoms with Gasteiger partial charge in [-0.2, -0.15) is 0 Å². The van der Waals surface area contributed by atoms with Crippen molar-refractivity contribution < 1.29 is 4.42 Å². The van der Waals surface area contributed by atoms with Crippen molar-refractivity contribution in [3.63, 3.8) is 0 Å². The van der Waals surface area contributed by atoms with E-state index in [0.29, 0.717) is 5.92 Å². The van der Waals surface area contributed by atoms with E-state index < -0.39 is 0 Å². The lowest BCUT2D eigenvalue weighted by molar-refractivity contribution is 0.295. The van der Waals surface area contributed by atoms with Crippen molar-refractivity contribution in [2.24, 2.45) is 0 Å². The third-order valence-electron chi connectivity index (χ3n) is 4.68. The van der Waals surface area contributed by atoms with E-state index in [1.54, 1.807) is 0 Å². The summed E-state index contributed by atoms with van der Waals surface area (Å²) in [5.41, 5.74) is 5.40. The van der Waals surface area contributed by atoms with Crippen LogP contribution in [0.2, 0.25) is 0 Å². The lowest BCUT2D eigenvalue weighted by Gasteiger charge is -2.33. The van der Waals surface area contributed by atoms with E-state index in [9.17, 15) is 0 Å². The molecule has 1 aliphatic heterocycles. The molecule has 2 heteroatoms. The molecule has 0 N–H and O–H groups in total. The number of likely N-dealkylation sites (N-methyl/N-ethyl adjacent to an activating group) is 1. The van der Waals surface area contributed by atoms with Crippen LogP contribution < -0.4 is 0 Å². The first kappa shape index (κ1) is 14.3. The zero-order valence-corrected chi connectivity index (χ0v) is 13.6. The van der Waals surface area contributed by atoms with Crippen LogP contribution in [0.4, 0.5) is 0 Å². The van der Waals surface area contributed by atoms with E-state index in [1.807, 2.05) is 13.0 Å². The predicted molar refractivity (Wildman–Crippen MR) is 93.5 cm³/mol. The van der Waals surface area contributed by atoms with Crippen molar-refractivity contribution in [3.05, 3.63) is 83.1 Å². The third kappa shape index (κ3) is 2.71. The summed E-state index contributed by atoms with van der Waals surface area (Å²) in [6.45, 7) is 4.05. The molecule has 0 saturated heterocycles. The van der Waals surface area contributed by atoms with Crippen LogP contribution >= 0.6 is 0 Å². The van der Waals surface area contributed by atoms with Gasteiger partial charge in [0.2, 0.25) is 0 Å². The summed E-state index contributed by atoms with van der Waals surface area (Å²) >= 11 is 0. The largest absolute Gasteiger partial charge is 0.461 e. The van der Waals surface area contributed by atoms with Gasteiger partial charge in [-0.15, -0.1) is 0 Å². The van der Waals surface area contributed by atoms with Gasteiger partial charge in [-0.3, -0.25) is 0 Å².